The van der Waals surface area contributed by atoms with Crippen LogP contribution in [-0.4, -0.2) is 39.8 Å². The lowest BCUT2D eigenvalue weighted by Crippen LogP contribution is -2.43. The smallest absolute Gasteiger partial charge is 0.330 e. The third-order valence-electron chi connectivity index (χ3n) is 6.46. The molecular weight excluding hydrogens is 446 g/mol. The Morgan fingerprint density at radius 1 is 1.16 bits per heavy atom. The number of hydrogen-bond acceptors (Lipinski definition) is 4. The Bertz CT molecular complexity index is 1270. The number of rotatable bonds is 6. The number of aryl methyl sites for hydroxylation is 1. The monoisotopic (exact) mass is 477 g/mol. The number of nitrogens with zero attached hydrogens (tertiary/aromatic N) is 3. The molecule has 1 atom stereocenters. The zero-order valence-electron chi connectivity index (χ0n) is 19.8. The van der Waals surface area contributed by atoms with Crippen molar-refractivity contribution in [3.63, 3.8) is 0 Å². The second kappa shape index (κ2) is 8.66. The molecule has 0 aliphatic rings. The predicted octanol–water partition coefficient (Wildman–Crippen LogP) is 3.74. The number of hydrogen-bond donors (Lipinski definition) is 1. The fourth-order valence-corrected chi connectivity index (χ4v) is 4.71. The van der Waals surface area contributed by atoms with Gasteiger partial charge >= 0.3 is 5.69 Å². The topological polar surface area (TPSA) is 78.4 Å². The van der Waals surface area contributed by atoms with E-state index < -0.39 is 20.1 Å². The zero-order valence-corrected chi connectivity index (χ0v) is 21.5. The van der Waals surface area contributed by atoms with Gasteiger partial charge in [-0.15, -0.1) is 0 Å². The summed E-state index contributed by atoms with van der Waals surface area (Å²) in [6.07, 6.45) is 0.953. The molecule has 1 N–H and O–H groups in total. The molecule has 0 radical (unpaired) electrons. The highest BCUT2D eigenvalue weighted by molar-refractivity contribution is 6.74. The Hall–Kier alpha value is -2.13. The van der Waals surface area contributed by atoms with Crippen LogP contribution in [0.2, 0.25) is 23.2 Å². The molecule has 0 unspecified atom stereocenters. The minimum Gasteiger partial charge on any atom is -0.414 e. The average molecular weight is 478 g/mol. The first kappa shape index (κ1) is 24.5. The van der Waals surface area contributed by atoms with Crippen molar-refractivity contribution in [2.75, 3.05) is 6.61 Å². The molecule has 7 nitrogen and oxygen atoms in total. The highest BCUT2D eigenvalue weighted by Crippen LogP contribution is 2.36. The third-order valence-corrected chi connectivity index (χ3v) is 11.2. The molecule has 0 amide bonds. The van der Waals surface area contributed by atoms with Gasteiger partial charge in [-0.2, -0.15) is 0 Å². The maximum atomic E-state index is 13.1. The molecule has 3 rings (SSSR count). The Balaban J connectivity index is 2.10. The van der Waals surface area contributed by atoms with Crippen LogP contribution in [0, 0.1) is 0 Å². The van der Waals surface area contributed by atoms with Crippen molar-refractivity contribution in [3.05, 3.63) is 56.3 Å². The van der Waals surface area contributed by atoms with Gasteiger partial charge in [0.1, 0.15) is 0 Å². The number of halogens is 1. The summed E-state index contributed by atoms with van der Waals surface area (Å²) in [7, 11) is 1.08. The van der Waals surface area contributed by atoms with Crippen LogP contribution in [-0.2, 0) is 25.1 Å². The van der Waals surface area contributed by atoms with Crippen molar-refractivity contribution in [1.82, 2.24) is 13.7 Å². The lowest BCUT2D eigenvalue weighted by molar-refractivity contribution is 0.0863. The first-order chi connectivity index (χ1) is 14.7. The standard InChI is InChI=1S/C23H32ClN3O4Si/c1-23(2,3)32(6,7)31-14-17(28)12-27-13-18-19(21(29)26(5)22(30)25(18)4)20(27)15-9-8-10-16(24)11-15/h8-11,13,17,28H,12,14H2,1-7H3/t17-/m1/s1. The number of fused-ring (bicyclic) bond motifs is 1. The summed E-state index contributed by atoms with van der Waals surface area (Å²) in [5.41, 5.74) is 1.07. The van der Waals surface area contributed by atoms with E-state index in [1.165, 1.54) is 11.6 Å². The van der Waals surface area contributed by atoms with E-state index in [4.69, 9.17) is 16.0 Å². The number of aromatic nitrogens is 3. The SMILES string of the molecule is Cn1c(=O)c2c(-c3cccc(Cl)c3)n(C[C@@H](O)CO[Si](C)(C)C(C)(C)C)cc2n(C)c1=O. The van der Waals surface area contributed by atoms with Crippen LogP contribution in [0.3, 0.4) is 0 Å². The van der Waals surface area contributed by atoms with Crippen molar-refractivity contribution < 1.29 is 9.53 Å². The first-order valence-corrected chi connectivity index (χ1v) is 13.9. The summed E-state index contributed by atoms with van der Waals surface area (Å²) in [5.74, 6) is 0. The Morgan fingerprint density at radius 3 is 2.41 bits per heavy atom. The van der Waals surface area contributed by atoms with Crippen LogP contribution in [0.1, 0.15) is 20.8 Å². The lowest BCUT2D eigenvalue weighted by Gasteiger charge is -2.36. The van der Waals surface area contributed by atoms with Crippen LogP contribution in [0.4, 0.5) is 0 Å². The summed E-state index contributed by atoms with van der Waals surface area (Å²) in [4.78, 5) is 25.5. The highest BCUT2D eigenvalue weighted by atomic mass is 35.5. The molecule has 0 aliphatic carbocycles. The van der Waals surface area contributed by atoms with Gasteiger partial charge in [-0.1, -0.05) is 44.5 Å². The van der Waals surface area contributed by atoms with Crippen LogP contribution in [0.5, 0.6) is 0 Å². The summed E-state index contributed by atoms with van der Waals surface area (Å²) < 4.78 is 10.5. The van der Waals surface area contributed by atoms with Gasteiger partial charge in [-0.25, -0.2) is 4.79 Å². The van der Waals surface area contributed by atoms with E-state index in [1.807, 2.05) is 16.7 Å². The zero-order chi connectivity index (χ0) is 24.0. The Labute approximate surface area is 194 Å². The molecule has 3 aromatic rings. The molecule has 0 aliphatic heterocycles. The molecule has 0 bridgehead atoms. The van der Waals surface area contributed by atoms with E-state index in [1.54, 1.807) is 25.4 Å². The van der Waals surface area contributed by atoms with Gasteiger partial charge in [0, 0.05) is 30.9 Å². The van der Waals surface area contributed by atoms with E-state index in [0.717, 1.165) is 10.1 Å². The van der Waals surface area contributed by atoms with Crippen LogP contribution < -0.4 is 11.2 Å². The van der Waals surface area contributed by atoms with Crippen molar-refractivity contribution in [2.24, 2.45) is 14.1 Å². The van der Waals surface area contributed by atoms with Crippen molar-refractivity contribution in [3.8, 4) is 11.3 Å². The van der Waals surface area contributed by atoms with E-state index in [2.05, 4.69) is 33.9 Å². The normalized spacial score (nSPS) is 13.7. The number of benzene rings is 1. The van der Waals surface area contributed by atoms with E-state index in [-0.39, 0.29) is 23.7 Å². The Morgan fingerprint density at radius 2 is 1.81 bits per heavy atom. The molecule has 2 aromatic heterocycles. The molecular formula is C23H32ClN3O4Si. The van der Waals surface area contributed by atoms with Crippen molar-refractivity contribution in [1.29, 1.82) is 0 Å². The fraction of sp³-hybridized carbons (Fsp3) is 0.478. The maximum absolute atomic E-state index is 13.1. The van der Waals surface area contributed by atoms with Gasteiger partial charge in [0.2, 0.25) is 0 Å². The minimum atomic E-state index is -2.02. The van der Waals surface area contributed by atoms with Crippen LogP contribution in [0.25, 0.3) is 22.2 Å². The maximum Gasteiger partial charge on any atom is 0.330 e. The van der Waals surface area contributed by atoms with Gasteiger partial charge in [0.15, 0.2) is 8.32 Å². The van der Waals surface area contributed by atoms with Gasteiger partial charge in [0.05, 0.1) is 35.9 Å². The number of aliphatic hydroxyl groups excluding tert-OH is 1. The second-order valence-electron chi connectivity index (χ2n) is 9.83. The van der Waals surface area contributed by atoms with Crippen molar-refractivity contribution >= 4 is 30.8 Å². The lowest BCUT2D eigenvalue weighted by atomic mass is 10.1. The second-order valence-corrected chi connectivity index (χ2v) is 15.1. The highest BCUT2D eigenvalue weighted by Gasteiger charge is 2.37. The summed E-state index contributed by atoms with van der Waals surface area (Å²) in [6, 6.07) is 7.21. The molecule has 1 aromatic carbocycles. The quantitative estimate of drug-likeness (QED) is 0.548. The van der Waals surface area contributed by atoms with Crippen LogP contribution >= 0.6 is 11.6 Å². The largest absolute Gasteiger partial charge is 0.414 e. The first-order valence-electron chi connectivity index (χ1n) is 10.6. The molecule has 9 heteroatoms. The molecule has 32 heavy (non-hydrogen) atoms. The van der Waals surface area contributed by atoms with Gasteiger partial charge < -0.3 is 14.1 Å². The molecule has 0 spiro atoms. The van der Waals surface area contributed by atoms with E-state index in [0.29, 0.717) is 21.6 Å². The van der Waals surface area contributed by atoms with Gasteiger partial charge in [-0.05, 0) is 30.3 Å². The minimum absolute atomic E-state index is 0.0330. The Kier molecular flexibility index (Phi) is 6.64. The molecule has 2 heterocycles. The predicted molar refractivity (Wildman–Crippen MR) is 132 cm³/mol. The van der Waals surface area contributed by atoms with Crippen molar-refractivity contribution in [2.45, 2.75) is 51.6 Å². The van der Waals surface area contributed by atoms with E-state index >= 15 is 0 Å². The fourth-order valence-electron chi connectivity index (χ4n) is 3.48. The summed E-state index contributed by atoms with van der Waals surface area (Å²) in [5, 5.41) is 11.8. The van der Waals surface area contributed by atoms with Gasteiger partial charge in [0.25, 0.3) is 5.56 Å². The molecule has 0 saturated heterocycles. The molecule has 0 saturated carbocycles. The average Bonchev–Trinajstić information content (AvgIpc) is 3.07. The number of aliphatic hydroxyl groups is 1. The summed E-state index contributed by atoms with van der Waals surface area (Å²) in [6.45, 7) is 11.1. The van der Waals surface area contributed by atoms with Gasteiger partial charge in [-0.3, -0.25) is 13.9 Å². The molecule has 0 fully saturated rings. The summed E-state index contributed by atoms with van der Waals surface area (Å²) >= 11 is 6.23. The molecule has 174 valence electrons. The van der Waals surface area contributed by atoms with E-state index in [9.17, 15) is 14.7 Å². The van der Waals surface area contributed by atoms with Crippen LogP contribution in [0.15, 0.2) is 40.1 Å². The third kappa shape index (κ3) is 4.50.